The molecule has 1 nitrogen and oxygen atoms in total. The zero-order chi connectivity index (χ0) is 15.6. The summed E-state index contributed by atoms with van der Waals surface area (Å²) in [4.78, 5) is 0. The molecule has 1 aromatic rings. The standard InChI is InChI=1S/C20H35N.FH/c1-4-7-12-18-13-10-11-14-19(18)17-20(21,15-8-5-2)16-9-6-3;/h10-11,13-14H,4-9,12,15-17,21H2,1-3H3;1H. The van der Waals surface area contributed by atoms with Crippen LogP contribution < -0.4 is 5.73 Å². The van der Waals surface area contributed by atoms with E-state index in [4.69, 9.17) is 5.73 Å². The summed E-state index contributed by atoms with van der Waals surface area (Å²) in [5, 5.41) is 0. The van der Waals surface area contributed by atoms with Gasteiger partial charge in [0.15, 0.2) is 0 Å². The summed E-state index contributed by atoms with van der Waals surface area (Å²) in [6.45, 7) is 6.78. The lowest BCUT2D eigenvalue weighted by atomic mass is 9.81. The Morgan fingerprint density at radius 1 is 0.818 bits per heavy atom. The van der Waals surface area contributed by atoms with Gasteiger partial charge in [-0.15, -0.1) is 0 Å². The molecule has 0 aromatic heterocycles. The molecule has 0 spiro atoms. The molecule has 0 bridgehead atoms. The highest BCUT2D eigenvalue weighted by Gasteiger charge is 2.25. The van der Waals surface area contributed by atoms with Gasteiger partial charge >= 0.3 is 0 Å². The van der Waals surface area contributed by atoms with Crippen molar-refractivity contribution in [3.63, 3.8) is 0 Å². The highest BCUT2D eigenvalue weighted by atomic mass is 19.0. The Bertz CT molecular complexity index is 381. The minimum atomic E-state index is -0.00562. The van der Waals surface area contributed by atoms with Crippen molar-refractivity contribution < 1.29 is 4.70 Å². The fourth-order valence-corrected chi connectivity index (χ4v) is 3.08. The van der Waals surface area contributed by atoms with Crippen LogP contribution in [-0.4, -0.2) is 5.54 Å². The molecule has 2 N–H and O–H groups in total. The smallest absolute Gasteiger partial charge is 0.0195 e. The molecule has 0 saturated heterocycles. The number of nitrogens with two attached hydrogens (primary N) is 1. The van der Waals surface area contributed by atoms with Crippen molar-refractivity contribution in [1.82, 2.24) is 0 Å². The van der Waals surface area contributed by atoms with E-state index in [2.05, 4.69) is 45.0 Å². The van der Waals surface area contributed by atoms with Gasteiger partial charge in [0.2, 0.25) is 0 Å². The fourth-order valence-electron chi connectivity index (χ4n) is 3.08. The van der Waals surface area contributed by atoms with Crippen molar-refractivity contribution >= 4 is 0 Å². The average Bonchev–Trinajstić information content (AvgIpc) is 2.50. The Hall–Kier alpha value is -0.890. The van der Waals surface area contributed by atoms with Gasteiger partial charge in [-0.25, -0.2) is 0 Å². The number of hydrogen-bond donors (Lipinski definition) is 1. The Morgan fingerprint density at radius 3 is 1.82 bits per heavy atom. The minimum Gasteiger partial charge on any atom is -0.325 e. The highest BCUT2D eigenvalue weighted by molar-refractivity contribution is 5.29. The van der Waals surface area contributed by atoms with E-state index in [0.717, 1.165) is 19.3 Å². The third-order valence-electron chi connectivity index (χ3n) is 4.52. The summed E-state index contributed by atoms with van der Waals surface area (Å²) in [5.41, 5.74) is 9.80. The van der Waals surface area contributed by atoms with Gasteiger partial charge in [0.05, 0.1) is 0 Å². The average molecular weight is 310 g/mol. The van der Waals surface area contributed by atoms with Crippen molar-refractivity contribution in [2.45, 2.75) is 90.5 Å². The third kappa shape index (κ3) is 7.40. The summed E-state index contributed by atoms with van der Waals surface area (Å²) in [6.07, 6.45) is 12.1. The number of benzene rings is 1. The van der Waals surface area contributed by atoms with Crippen LogP contribution in [0.1, 0.15) is 83.3 Å². The van der Waals surface area contributed by atoms with Gasteiger partial charge in [-0.1, -0.05) is 77.1 Å². The maximum absolute atomic E-state index is 6.80. The fraction of sp³-hybridized carbons (Fsp3) is 0.700. The number of unbranched alkanes of at least 4 members (excludes halogenated alkanes) is 3. The number of halogens is 1. The van der Waals surface area contributed by atoms with E-state index in [1.807, 2.05) is 0 Å². The molecule has 0 atom stereocenters. The van der Waals surface area contributed by atoms with Gasteiger partial charge in [-0.2, -0.15) is 0 Å². The molecule has 0 radical (unpaired) electrons. The molecule has 1 rings (SSSR count). The molecular formula is C20H36FN. The topological polar surface area (TPSA) is 26.0 Å². The van der Waals surface area contributed by atoms with Gasteiger partial charge in [-0.3, -0.25) is 4.70 Å². The van der Waals surface area contributed by atoms with Gasteiger partial charge in [-0.05, 0) is 43.2 Å². The lowest BCUT2D eigenvalue weighted by molar-refractivity contribution is 0.340. The monoisotopic (exact) mass is 309 g/mol. The Morgan fingerprint density at radius 2 is 1.32 bits per heavy atom. The van der Waals surface area contributed by atoms with E-state index in [1.54, 1.807) is 0 Å². The van der Waals surface area contributed by atoms with Crippen LogP contribution in [0.15, 0.2) is 24.3 Å². The maximum Gasteiger partial charge on any atom is 0.0195 e. The van der Waals surface area contributed by atoms with E-state index >= 15 is 0 Å². The summed E-state index contributed by atoms with van der Waals surface area (Å²) >= 11 is 0. The molecule has 128 valence electrons. The quantitative estimate of drug-likeness (QED) is 0.549. The summed E-state index contributed by atoms with van der Waals surface area (Å²) < 4.78 is 0. The van der Waals surface area contributed by atoms with Gasteiger partial charge in [0.25, 0.3) is 0 Å². The molecule has 22 heavy (non-hydrogen) atoms. The Labute approximate surface area is 137 Å². The molecule has 0 unspecified atom stereocenters. The van der Waals surface area contributed by atoms with Crippen LogP contribution in [0.5, 0.6) is 0 Å². The molecule has 0 aliphatic carbocycles. The van der Waals surface area contributed by atoms with Crippen LogP contribution in [-0.2, 0) is 12.8 Å². The summed E-state index contributed by atoms with van der Waals surface area (Å²) in [5.74, 6) is 0. The van der Waals surface area contributed by atoms with Gasteiger partial charge in [0.1, 0.15) is 0 Å². The van der Waals surface area contributed by atoms with Crippen LogP contribution in [0, 0.1) is 0 Å². The lowest BCUT2D eigenvalue weighted by Crippen LogP contribution is -2.42. The second kappa shape index (κ2) is 11.6. The van der Waals surface area contributed by atoms with Crippen molar-refractivity contribution in [1.29, 1.82) is 0 Å². The van der Waals surface area contributed by atoms with Crippen molar-refractivity contribution in [3.05, 3.63) is 35.4 Å². The van der Waals surface area contributed by atoms with Crippen molar-refractivity contribution in [3.8, 4) is 0 Å². The SMILES string of the molecule is CCCCc1ccccc1CC(N)(CCCC)CCCC.F. The normalized spacial score (nSPS) is 11.3. The third-order valence-corrected chi connectivity index (χ3v) is 4.52. The largest absolute Gasteiger partial charge is 0.325 e. The molecule has 0 heterocycles. The molecule has 0 saturated carbocycles. The summed E-state index contributed by atoms with van der Waals surface area (Å²) in [7, 11) is 0. The number of aryl methyl sites for hydroxylation is 1. The zero-order valence-electron chi connectivity index (χ0n) is 14.9. The molecule has 0 aliphatic heterocycles. The van der Waals surface area contributed by atoms with Crippen LogP contribution >= 0.6 is 0 Å². The molecule has 0 aliphatic rings. The zero-order valence-corrected chi connectivity index (χ0v) is 14.9. The van der Waals surface area contributed by atoms with E-state index in [0.29, 0.717) is 0 Å². The van der Waals surface area contributed by atoms with E-state index in [1.165, 1.54) is 56.1 Å². The van der Waals surface area contributed by atoms with E-state index < -0.39 is 0 Å². The maximum atomic E-state index is 6.80. The predicted molar refractivity (Wildman–Crippen MR) is 97.2 cm³/mol. The first-order valence-corrected chi connectivity index (χ1v) is 9.01. The first-order valence-electron chi connectivity index (χ1n) is 9.01. The number of hydrogen-bond acceptors (Lipinski definition) is 1. The summed E-state index contributed by atoms with van der Waals surface area (Å²) in [6, 6.07) is 8.94. The van der Waals surface area contributed by atoms with Crippen LogP contribution in [0.3, 0.4) is 0 Å². The van der Waals surface area contributed by atoms with E-state index in [-0.39, 0.29) is 10.2 Å². The van der Waals surface area contributed by atoms with E-state index in [9.17, 15) is 0 Å². The minimum absolute atomic E-state index is 0. The first-order chi connectivity index (χ1) is 10.1. The van der Waals surface area contributed by atoms with Crippen molar-refractivity contribution in [2.75, 3.05) is 0 Å². The Kier molecular flexibility index (Phi) is 11.2. The molecular weight excluding hydrogens is 273 g/mol. The second-order valence-corrected chi connectivity index (χ2v) is 6.62. The molecule has 1 aromatic carbocycles. The Balaban J connectivity index is 0.00000441. The number of rotatable bonds is 11. The van der Waals surface area contributed by atoms with Gasteiger partial charge < -0.3 is 5.73 Å². The molecule has 0 fully saturated rings. The second-order valence-electron chi connectivity index (χ2n) is 6.62. The van der Waals surface area contributed by atoms with Crippen molar-refractivity contribution in [2.24, 2.45) is 5.73 Å². The molecule has 2 heteroatoms. The predicted octanol–water partition coefficient (Wildman–Crippen LogP) is 5.80. The highest BCUT2D eigenvalue weighted by Crippen LogP contribution is 2.26. The van der Waals surface area contributed by atoms with Crippen LogP contribution in [0.25, 0.3) is 0 Å². The van der Waals surface area contributed by atoms with Crippen LogP contribution in [0.2, 0.25) is 0 Å². The first kappa shape index (κ1) is 21.1. The lowest BCUT2D eigenvalue weighted by Gasteiger charge is -2.31. The van der Waals surface area contributed by atoms with Gasteiger partial charge in [0, 0.05) is 5.54 Å². The molecule has 0 amide bonds. The van der Waals surface area contributed by atoms with Crippen LogP contribution in [0.4, 0.5) is 4.70 Å².